The monoisotopic (exact) mass is 412 g/mol. The number of rotatable bonds is 9. The number of aromatic amines is 1. The van der Waals surface area contributed by atoms with Gasteiger partial charge < -0.3 is 14.2 Å². The van der Waals surface area contributed by atoms with Crippen LogP contribution in [0.4, 0.5) is 0 Å². The van der Waals surface area contributed by atoms with Gasteiger partial charge in [-0.2, -0.15) is 14.9 Å². The van der Waals surface area contributed by atoms with E-state index in [1.165, 1.54) is 0 Å². The lowest BCUT2D eigenvalue weighted by Crippen LogP contribution is -2.02. The van der Waals surface area contributed by atoms with E-state index in [2.05, 4.69) is 22.2 Å². The zero-order chi connectivity index (χ0) is 20.6. The zero-order valence-electron chi connectivity index (χ0n) is 16.7. The third kappa shape index (κ3) is 5.03. The first-order valence-corrected chi connectivity index (χ1v) is 9.70. The van der Waals surface area contributed by atoms with Crippen molar-refractivity contribution in [1.82, 2.24) is 14.9 Å². The van der Waals surface area contributed by atoms with Crippen LogP contribution in [0.1, 0.15) is 30.3 Å². The Hall–Kier alpha value is -3.13. The summed E-state index contributed by atoms with van der Waals surface area (Å²) in [6, 6.07) is 13.6. The first kappa shape index (κ1) is 20.6. The summed E-state index contributed by atoms with van der Waals surface area (Å²) in [6.45, 7) is 2.49. The van der Waals surface area contributed by atoms with E-state index in [9.17, 15) is 0 Å². The van der Waals surface area contributed by atoms with Crippen molar-refractivity contribution in [2.75, 3.05) is 14.2 Å². The predicted octanol–water partition coefficient (Wildman–Crippen LogP) is 4.37. The molecule has 0 aliphatic heterocycles. The molecular weight excluding hydrogens is 388 g/mol. The minimum Gasteiger partial charge on any atom is -0.493 e. The Bertz CT molecular complexity index is 1000. The maximum atomic E-state index is 5.98. The van der Waals surface area contributed by atoms with E-state index in [0.717, 1.165) is 29.8 Å². The van der Waals surface area contributed by atoms with Gasteiger partial charge in [-0.15, -0.1) is 0 Å². The second-order valence-electron chi connectivity index (χ2n) is 6.28. The van der Waals surface area contributed by atoms with Crippen molar-refractivity contribution < 1.29 is 14.2 Å². The molecule has 3 rings (SSSR count). The van der Waals surface area contributed by atoms with Crippen LogP contribution in [0.5, 0.6) is 17.2 Å². The lowest BCUT2D eigenvalue weighted by molar-refractivity contribution is 0.266. The lowest BCUT2D eigenvalue weighted by atomic mass is 10.2. The van der Waals surface area contributed by atoms with Crippen LogP contribution in [-0.4, -0.2) is 35.3 Å². The standard InChI is InChI=1S/C21H24N4O3S/c1-4-8-19-23-24-21(29)25(19)22-13-16-11-17(26-2)20(18(12-16)27-3)28-14-15-9-6-5-7-10-15/h5-7,9-13H,4,8,14H2,1-3H3,(H,24,29)/b22-13-. The van der Waals surface area contributed by atoms with E-state index in [4.69, 9.17) is 26.4 Å². The molecule has 0 fully saturated rings. The van der Waals surface area contributed by atoms with Gasteiger partial charge in [0.25, 0.3) is 0 Å². The molecule has 3 aromatic rings. The van der Waals surface area contributed by atoms with Crippen LogP contribution in [0.25, 0.3) is 0 Å². The van der Waals surface area contributed by atoms with E-state index < -0.39 is 0 Å². The molecule has 0 saturated heterocycles. The van der Waals surface area contributed by atoms with Crippen molar-refractivity contribution in [2.24, 2.45) is 5.10 Å². The van der Waals surface area contributed by atoms with Gasteiger partial charge in [-0.1, -0.05) is 37.3 Å². The van der Waals surface area contributed by atoms with E-state index in [1.807, 2.05) is 42.5 Å². The molecule has 0 atom stereocenters. The topological polar surface area (TPSA) is 73.7 Å². The zero-order valence-corrected chi connectivity index (χ0v) is 17.5. The molecule has 0 aliphatic rings. The summed E-state index contributed by atoms with van der Waals surface area (Å²) in [5.74, 6) is 2.45. The Kier molecular flexibility index (Phi) is 7.02. The Morgan fingerprint density at radius 2 is 1.83 bits per heavy atom. The van der Waals surface area contributed by atoms with Gasteiger partial charge in [-0.05, 0) is 36.3 Å². The van der Waals surface area contributed by atoms with Gasteiger partial charge >= 0.3 is 0 Å². The molecule has 0 aliphatic carbocycles. The highest BCUT2D eigenvalue weighted by Gasteiger charge is 2.14. The number of methoxy groups -OCH3 is 2. The number of aromatic nitrogens is 3. The number of nitrogens with one attached hydrogen (secondary N) is 1. The van der Waals surface area contributed by atoms with Crippen LogP contribution >= 0.6 is 12.2 Å². The smallest absolute Gasteiger partial charge is 0.216 e. The Balaban J connectivity index is 1.88. The van der Waals surface area contributed by atoms with Crippen molar-refractivity contribution in [2.45, 2.75) is 26.4 Å². The Labute approximate surface area is 174 Å². The van der Waals surface area contributed by atoms with Crippen molar-refractivity contribution in [3.8, 4) is 17.2 Å². The molecule has 0 unspecified atom stereocenters. The van der Waals surface area contributed by atoms with Crippen LogP contribution in [0.2, 0.25) is 0 Å². The Morgan fingerprint density at radius 3 is 2.45 bits per heavy atom. The summed E-state index contributed by atoms with van der Waals surface area (Å²) in [5, 5.41) is 11.5. The molecule has 0 amide bonds. The SMILES string of the molecule is CCCc1n[nH]c(=S)n1/N=C\c1cc(OC)c(OCc2ccccc2)c(OC)c1. The minimum absolute atomic E-state index is 0.408. The number of ether oxygens (including phenoxy) is 3. The third-order valence-electron chi connectivity index (χ3n) is 4.22. The van der Waals surface area contributed by atoms with Gasteiger partial charge in [0.05, 0.1) is 20.4 Å². The van der Waals surface area contributed by atoms with Crippen molar-refractivity contribution in [1.29, 1.82) is 0 Å². The highest BCUT2D eigenvalue weighted by atomic mass is 32.1. The average Bonchev–Trinajstić information content (AvgIpc) is 3.10. The summed E-state index contributed by atoms with van der Waals surface area (Å²) in [4.78, 5) is 0. The second kappa shape index (κ2) is 9.88. The van der Waals surface area contributed by atoms with Gasteiger partial charge in [-0.3, -0.25) is 5.10 Å². The minimum atomic E-state index is 0.408. The van der Waals surface area contributed by atoms with Crippen LogP contribution in [0.3, 0.4) is 0 Å². The number of H-pyrrole nitrogens is 1. The molecule has 29 heavy (non-hydrogen) atoms. The number of benzene rings is 2. The second-order valence-corrected chi connectivity index (χ2v) is 6.67. The molecule has 7 nitrogen and oxygen atoms in total. The molecule has 0 saturated carbocycles. The highest BCUT2D eigenvalue weighted by molar-refractivity contribution is 7.71. The molecule has 8 heteroatoms. The molecule has 0 bridgehead atoms. The lowest BCUT2D eigenvalue weighted by Gasteiger charge is -2.15. The van der Waals surface area contributed by atoms with Crippen molar-refractivity contribution in [3.63, 3.8) is 0 Å². The fourth-order valence-electron chi connectivity index (χ4n) is 2.80. The maximum absolute atomic E-state index is 5.98. The molecule has 2 aromatic carbocycles. The van der Waals surface area contributed by atoms with E-state index in [-0.39, 0.29) is 0 Å². The van der Waals surface area contributed by atoms with Gasteiger partial charge in [-0.25, -0.2) is 0 Å². The predicted molar refractivity (Wildman–Crippen MR) is 115 cm³/mol. The summed E-state index contributed by atoms with van der Waals surface area (Å²) in [5.41, 5.74) is 1.84. The van der Waals surface area contributed by atoms with E-state index >= 15 is 0 Å². The Morgan fingerprint density at radius 1 is 1.14 bits per heavy atom. The third-order valence-corrected chi connectivity index (χ3v) is 4.49. The van der Waals surface area contributed by atoms with Gasteiger partial charge in [0.15, 0.2) is 17.3 Å². The fourth-order valence-corrected chi connectivity index (χ4v) is 3.00. The average molecular weight is 413 g/mol. The molecule has 1 aromatic heterocycles. The van der Waals surface area contributed by atoms with Crippen molar-refractivity contribution in [3.05, 3.63) is 64.2 Å². The summed E-state index contributed by atoms with van der Waals surface area (Å²) < 4.78 is 19.1. The molecular formula is C21H24N4O3S. The van der Waals surface area contributed by atoms with Crippen LogP contribution in [0.15, 0.2) is 47.6 Å². The van der Waals surface area contributed by atoms with E-state index in [1.54, 1.807) is 25.1 Å². The highest BCUT2D eigenvalue weighted by Crippen LogP contribution is 2.38. The summed E-state index contributed by atoms with van der Waals surface area (Å²) >= 11 is 5.26. The van der Waals surface area contributed by atoms with Gasteiger partial charge in [0.2, 0.25) is 10.5 Å². The first-order chi connectivity index (χ1) is 14.2. The number of hydrogen-bond donors (Lipinski definition) is 1. The van der Waals surface area contributed by atoms with Crippen LogP contribution in [-0.2, 0) is 13.0 Å². The largest absolute Gasteiger partial charge is 0.493 e. The quantitative estimate of drug-likeness (QED) is 0.417. The molecule has 1 heterocycles. The number of aryl methyl sites for hydroxylation is 1. The van der Waals surface area contributed by atoms with E-state index in [0.29, 0.717) is 28.6 Å². The molecule has 152 valence electrons. The van der Waals surface area contributed by atoms with Crippen LogP contribution < -0.4 is 14.2 Å². The maximum Gasteiger partial charge on any atom is 0.216 e. The van der Waals surface area contributed by atoms with Gasteiger partial charge in [0.1, 0.15) is 6.61 Å². The normalized spacial score (nSPS) is 11.0. The first-order valence-electron chi connectivity index (χ1n) is 9.29. The van der Waals surface area contributed by atoms with Crippen molar-refractivity contribution >= 4 is 18.4 Å². The fraction of sp³-hybridized carbons (Fsp3) is 0.286. The summed E-state index contributed by atoms with van der Waals surface area (Å²) in [7, 11) is 3.19. The number of hydrogen-bond acceptors (Lipinski definition) is 6. The number of nitrogens with zero attached hydrogens (tertiary/aromatic N) is 3. The van der Waals surface area contributed by atoms with Crippen LogP contribution in [0, 0.1) is 4.77 Å². The van der Waals surface area contributed by atoms with Gasteiger partial charge in [0, 0.05) is 12.0 Å². The summed E-state index contributed by atoms with van der Waals surface area (Å²) in [6.07, 6.45) is 3.42. The molecule has 0 spiro atoms. The molecule has 0 radical (unpaired) electrons. The molecule has 1 N–H and O–H groups in total.